The molecule has 1 heterocycles. The first-order valence-corrected chi connectivity index (χ1v) is 11.4. The van der Waals surface area contributed by atoms with Gasteiger partial charge in [0.05, 0.1) is 38.5 Å². The fourth-order valence-electron chi connectivity index (χ4n) is 4.80. The van der Waals surface area contributed by atoms with Crippen molar-refractivity contribution < 1.29 is 33.4 Å². The Kier molecular flexibility index (Phi) is 7.20. The molecule has 3 aromatic rings. The Hall–Kier alpha value is -4.72. The summed E-state index contributed by atoms with van der Waals surface area (Å²) >= 11 is 0. The van der Waals surface area contributed by atoms with Crippen molar-refractivity contribution in [1.29, 1.82) is 0 Å². The number of esters is 3. The predicted octanol–water partition coefficient (Wildman–Crippen LogP) is 3.69. The molecule has 0 aromatic heterocycles. The highest BCUT2D eigenvalue weighted by Gasteiger charge is 2.67. The van der Waals surface area contributed by atoms with Crippen LogP contribution < -0.4 is 4.90 Å². The quantitative estimate of drug-likeness (QED) is 0.210. The zero-order valence-corrected chi connectivity index (χ0v) is 20.5. The summed E-state index contributed by atoms with van der Waals surface area (Å²) in [4.78, 5) is 56.7. The summed E-state index contributed by atoms with van der Waals surface area (Å²) in [5, 5.41) is 0. The third-order valence-corrected chi connectivity index (χ3v) is 6.31. The molecule has 0 spiro atoms. The molecule has 0 radical (unpaired) electrons. The Balaban J connectivity index is 2.22. The maximum absolute atomic E-state index is 14.5. The number of nitrogens with zero attached hydrogens (tertiary/aromatic N) is 1. The van der Waals surface area contributed by atoms with Crippen LogP contribution in [0.3, 0.4) is 0 Å². The second-order valence-electron chi connectivity index (χ2n) is 8.19. The Morgan fingerprint density at radius 2 is 1.19 bits per heavy atom. The monoisotopic (exact) mass is 499 g/mol. The highest BCUT2D eigenvalue weighted by molar-refractivity contribution is 6.29. The number of carbonyl (C=O) groups excluding carboxylic acids is 4. The first-order valence-electron chi connectivity index (χ1n) is 11.4. The number of carbonyl (C=O) groups is 4. The maximum atomic E-state index is 14.5. The van der Waals surface area contributed by atoms with Crippen LogP contribution in [0.1, 0.15) is 22.0 Å². The average Bonchev–Trinajstić information content (AvgIpc) is 3.29. The molecule has 188 valence electrons. The van der Waals surface area contributed by atoms with Gasteiger partial charge in [-0.1, -0.05) is 78.9 Å². The van der Waals surface area contributed by atoms with Gasteiger partial charge in [-0.2, -0.15) is 0 Å². The zero-order chi connectivity index (χ0) is 26.6. The van der Waals surface area contributed by atoms with Crippen LogP contribution in [0.4, 0.5) is 5.69 Å². The van der Waals surface area contributed by atoms with Gasteiger partial charge in [-0.3, -0.25) is 4.79 Å². The minimum absolute atomic E-state index is 0.133. The number of hydrogen-bond donors (Lipinski definition) is 0. The topological polar surface area (TPSA) is 99.2 Å². The SMILES string of the molecule is COC(=O)C1=C(C(=O)OC)[C@](C(=O)OC)(C(=O)c2ccccc2)N(c2ccccc2)[C@H]1c1ccccc1. The molecule has 0 fully saturated rings. The number of ether oxygens (including phenoxy) is 3. The lowest BCUT2D eigenvalue weighted by molar-refractivity contribution is -0.147. The van der Waals surface area contributed by atoms with Gasteiger partial charge in [0, 0.05) is 11.3 Å². The number of rotatable bonds is 7. The summed E-state index contributed by atoms with van der Waals surface area (Å²) in [6.07, 6.45) is 0. The number of para-hydroxylation sites is 1. The van der Waals surface area contributed by atoms with E-state index in [2.05, 4.69) is 0 Å². The molecular formula is C29H25NO7. The maximum Gasteiger partial charge on any atom is 0.345 e. The lowest BCUT2D eigenvalue weighted by Crippen LogP contribution is -2.61. The van der Waals surface area contributed by atoms with Crippen LogP contribution >= 0.6 is 0 Å². The molecule has 1 aliphatic heterocycles. The lowest BCUT2D eigenvalue weighted by Gasteiger charge is -2.41. The first-order chi connectivity index (χ1) is 17.9. The molecule has 8 heteroatoms. The van der Waals surface area contributed by atoms with Gasteiger partial charge in [0.1, 0.15) is 0 Å². The molecule has 3 aromatic carbocycles. The molecule has 8 nitrogen and oxygen atoms in total. The number of benzene rings is 3. The molecule has 0 unspecified atom stereocenters. The Morgan fingerprint density at radius 3 is 1.70 bits per heavy atom. The minimum Gasteiger partial charge on any atom is -0.467 e. The van der Waals surface area contributed by atoms with Gasteiger partial charge < -0.3 is 19.1 Å². The number of hydrogen-bond acceptors (Lipinski definition) is 8. The van der Waals surface area contributed by atoms with Gasteiger partial charge in [0.2, 0.25) is 11.3 Å². The average molecular weight is 500 g/mol. The van der Waals surface area contributed by atoms with E-state index in [0.29, 0.717) is 11.3 Å². The van der Waals surface area contributed by atoms with Gasteiger partial charge in [-0.05, 0) is 17.7 Å². The highest BCUT2D eigenvalue weighted by Crippen LogP contribution is 2.52. The van der Waals surface area contributed by atoms with Crippen LogP contribution in [0, 0.1) is 0 Å². The molecule has 2 atom stereocenters. The smallest absolute Gasteiger partial charge is 0.345 e. The normalized spacial score (nSPS) is 18.8. The van der Waals surface area contributed by atoms with E-state index >= 15 is 0 Å². The number of ketones is 1. The van der Waals surface area contributed by atoms with Crippen molar-refractivity contribution in [3.05, 3.63) is 113 Å². The van der Waals surface area contributed by atoms with E-state index in [9.17, 15) is 19.2 Å². The fourth-order valence-corrected chi connectivity index (χ4v) is 4.80. The lowest BCUT2D eigenvalue weighted by atomic mass is 9.81. The van der Waals surface area contributed by atoms with Crippen LogP contribution in [0.25, 0.3) is 0 Å². The number of Topliss-reactive ketones (excluding diaryl/α,β-unsaturated/α-hetero) is 1. The van der Waals surface area contributed by atoms with Crippen molar-refractivity contribution >= 4 is 29.4 Å². The van der Waals surface area contributed by atoms with Crippen molar-refractivity contribution in [3.63, 3.8) is 0 Å². The summed E-state index contributed by atoms with van der Waals surface area (Å²) in [7, 11) is 3.40. The zero-order valence-electron chi connectivity index (χ0n) is 20.5. The molecule has 0 aliphatic carbocycles. The van der Waals surface area contributed by atoms with Crippen molar-refractivity contribution in [2.75, 3.05) is 26.2 Å². The first kappa shape index (κ1) is 25.4. The van der Waals surface area contributed by atoms with E-state index in [-0.39, 0.29) is 11.1 Å². The Bertz CT molecular complexity index is 1350. The van der Waals surface area contributed by atoms with E-state index in [1.807, 2.05) is 0 Å². The van der Waals surface area contributed by atoms with E-state index < -0.39 is 40.8 Å². The van der Waals surface area contributed by atoms with Crippen LogP contribution in [0.5, 0.6) is 0 Å². The highest BCUT2D eigenvalue weighted by atomic mass is 16.5. The fraction of sp³-hybridized carbons (Fsp3) is 0.172. The van der Waals surface area contributed by atoms with Crippen LogP contribution in [-0.4, -0.2) is 50.6 Å². The number of methoxy groups -OCH3 is 3. The molecule has 0 bridgehead atoms. The largest absolute Gasteiger partial charge is 0.467 e. The summed E-state index contributed by atoms with van der Waals surface area (Å²) in [5.74, 6) is -3.73. The van der Waals surface area contributed by atoms with Gasteiger partial charge in [-0.15, -0.1) is 0 Å². The van der Waals surface area contributed by atoms with Gasteiger partial charge in [0.25, 0.3) is 0 Å². The molecule has 37 heavy (non-hydrogen) atoms. The van der Waals surface area contributed by atoms with E-state index in [1.165, 1.54) is 17.0 Å². The molecule has 1 aliphatic rings. The summed E-state index contributed by atoms with van der Waals surface area (Å²) < 4.78 is 15.4. The minimum atomic E-state index is -2.41. The van der Waals surface area contributed by atoms with Gasteiger partial charge >= 0.3 is 17.9 Å². The van der Waals surface area contributed by atoms with E-state index in [4.69, 9.17) is 14.2 Å². The molecule has 0 saturated heterocycles. The van der Waals surface area contributed by atoms with Gasteiger partial charge in [0.15, 0.2) is 0 Å². The summed E-state index contributed by atoms with van der Waals surface area (Å²) in [6.45, 7) is 0. The second kappa shape index (κ2) is 10.5. The van der Waals surface area contributed by atoms with Gasteiger partial charge in [-0.25, -0.2) is 14.4 Å². The molecule has 4 rings (SSSR count). The predicted molar refractivity (Wildman–Crippen MR) is 135 cm³/mol. The molecule has 0 N–H and O–H groups in total. The number of anilines is 1. The third-order valence-electron chi connectivity index (χ3n) is 6.31. The van der Waals surface area contributed by atoms with Crippen molar-refractivity contribution in [3.8, 4) is 0 Å². The van der Waals surface area contributed by atoms with Crippen LogP contribution in [-0.2, 0) is 28.6 Å². The second-order valence-corrected chi connectivity index (χ2v) is 8.19. The van der Waals surface area contributed by atoms with Crippen LogP contribution in [0.2, 0.25) is 0 Å². The van der Waals surface area contributed by atoms with Crippen LogP contribution in [0.15, 0.2) is 102 Å². The van der Waals surface area contributed by atoms with E-state index in [1.54, 1.807) is 78.9 Å². The summed E-state index contributed by atoms with van der Waals surface area (Å²) in [6, 6.07) is 24.3. The Labute approximate surface area is 214 Å². The standard InChI is InChI=1S/C29H25NO7/c1-35-26(32)22-23(27(33)36-2)29(28(34)37-3,25(31)20-15-9-5-10-16-20)30(21-17-11-6-12-18-21)24(22)19-13-7-4-8-14-19/h4-18,24H,1-3H3/t24-,29+/m0/s1. The summed E-state index contributed by atoms with van der Waals surface area (Å²) in [5.41, 5.74) is -1.99. The van der Waals surface area contributed by atoms with Crippen molar-refractivity contribution in [2.45, 2.75) is 11.6 Å². The van der Waals surface area contributed by atoms with Crippen molar-refractivity contribution in [1.82, 2.24) is 0 Å². The Morgan fingerprint density at radius 1 is 0.676 bits per heavy atom. The third kappa shape index (κ3) is 4.06. The van der Waals surface area contributed by atoms with Crippen molar-refractivity contribution in [2.24, 2.45) is 0 Å². The molecule has 0 amide bonds. The van der Waals surface area contributed by atoms with E-state index in [0.717, 1.165) is 21.3 Å². The molecular weight excluding hydrogens is 474 g/mol. The molecule has 0 saturated carbocycles.